The number of thioether (sulfide) groups is 1. The highest BCUT2D eigenvalue weighted by molar-refractivity contribution is 8.00. The molecule has 8 heteroatoms. The molecule has 0 aliphatic heterocycles. The molecule has 1 aromatic carbocycles. The first-order chi connectivity index (χ1) is 11.5. The standard InChI is InChI=1S/C16H11F2N3O2S/c1-9(14(22)11-2-3-12(17)13(18)8-11)24-16-21-20-15(23-16)10-4-6-19-7-5-10/h2-9H,1H3. The van der Waals surface area contributed by atoms with Crippen LogP contribution in [0.1, 0.15) is 17.3 Å². The molecule has 0 radical (unpaired) electrons. The monoisotopic (exact) mass is 347 g/mol. The van der Waals surface area contributed by atoms with Gasteiger partial charge in [-0.15, -0.1) is 10.2 Å². The van der Waals surface area contributed by atoms with Gasteiger partial charge in [0.15, 0.2) is 17.4 Å². The normalized spacial score (nSPS) is 12.1. The number of ketones is 1. The molecule has 0 saturated heterocycles. The fourth-order valence-corrected chi connectivity index (χ4v) is 2.72. The van der Waals surface area contributed by atoms with E-state index in [1.807, 2.05) is 0 Å². The van der Waals surface area contributed by atoms with Crippen molar-refractivity contribution < 1.29 is 18.0 Å². The summed E-state index contributed by atoms with van der Waals surface area (Å²) in [5, 5.41) is 7.41. The summed E-state index contributed by atoms with van der Waals surface area (Å²) in [4.78, 5) is 16.2. The first-order valence-corrected chi connectivity index (χ1v) is 7.82. The number of nitrogens with zero attached hydrogens (tertiary/aromatic N) is 3. The van der Waals surface area contributed by atoms with Gasteiger partial charge in [0.1, 0.15) is 0 Å². The predicted octanol–water partition coefficient (Wildman–Crippen LogP) is 3.77. The Bertz CT molecular complexity index is 871. The number of hydrogen-bond donors (Lipinski definition) is 0. The van der Waals surface area contributed by atoms with Crippen LogP contribution in [0.25, 0.3) is 11.5 Å². The largest absolute Gasteiger partial charge is 0.411 e. The van der Waals surface area contributed by atoms with Gasteiger partial charge in [-0.3, -0.25) is 9.78 Å². The number of carbonyl (C=O) groups excluding carboxylic acids is 1. The van der Waals surface area contributed by atoms with E-state index in [9.17, 15) is 13.6 Å². The second-order valence-electron chi connectivity index (χ2n) is 4.86. The fourth-order valence-electron chi connectivity index (χ4n) is 1.96. The third kappa shape index (κ3) is 3.48. The van der Waals surface area contributed by atoms with Gasteiger partial charge in [0, 0.05) is 23.5 Å². The lowest BCUT2D eigenvalue weighted by atomic mass is 10.1. The van der Waals surface area contributed by atoms with Gasteiger partial charge in [-0.1, -0.05) is 11.8 Å². The van der Waals surface area contributed by atoms with E-state index < -0.39 is 16.9 Å². The zero-order valence-electron chi connectivity index (χ0n) is 12.4. The molecule has 2 aromatic heterocycles. The van der Waals surface area contributed by atoms with E-state index in [-0.39, 0.29) is 16.6 Å². The second kappa shape index (κ2) is 6.88. The summed E-state index contributed by atoms with van der Waals surface area (Å²) in [7, 11) is 0. The smallest absolute Gasteiger partial charge is 0.277 e. The number of Topliss-reactive ketones (excluding diaryl/α,β-unsaturated/α-hetero) is 1. The van der Waals surface area contributed by atoms with Crippen LogP contribution in [0, 0.1) is 11.6 Å². The highest BCUT2D eigenvalue weighted by Gasteiger charge is 2.21. The predicted molar refractivity (Wildman–Crippen MR) is 83.5 cm³/mol. The molecule has 2 heterocycles. The maximum atomic E-state index is 13.2. The Kier molecular flexibility index (Phi) is 4.66. The van der Waals surface area contributed by atoms with Crippen molar-refractivity contribution in [2.75, 3.05) is 0 Å². The quantitative estimate of drug-likeness (QED) is 0.517. The van der Waals surface area contributed by atoms with E-state index in [1.165, 1.54) is 6.07 Å². The molecule has 0 aliphatic carbocycles. The average molecular weight is 347 g/mol. The number of halogens is 2. The molecular weight excluding hydrogens is 336 g/mol. The lowest BCUT2D eigenvalue weighted by Gasteiger charge is -2.07. The van der Waals surface area contributed by atoms with Crippen molar-refractivity contribution in [3.63, 3.8) is 0 Å². The maximum Gasteiger partial charge on any atom is 0.277 e. The van der Waals surface area contributed by atoms with Crippen LogP contribution < -0.4 is 0 Å². The summed E-state index contributed by atoms with van der Waals surface area (Å²) in [6.07, 6.45) is 3.20. The molecule has 3 rings (SSSR count). The number of pyridine rings is 1. The van der Waals surface area contributed by atoms with E-state index in [0.29, 0.717) is 11.5 Å². The Morgan fingerprint density at radius 2 is 1.88 bits per heavy atom. The Hall–Kier alpha value is -2.61. The molecule has 0 amide bonds. The number of carbonyl (C=O) groups is 1. The Balaban J connectivity index is 1.72. The van der Waals surface area contributed by atoms with Crippen LogP contribution in [0.4, 0.5) is 8.78 Å². The van der Waals surface area contributed by atoms with E-state index >= 15 is 0 Å². The van der Waals surface area contributed by atoms with Crippen molar-refractivity contribution in [1.82, 2.24) is 15.2 Å². The molecule has 0 spiro atoms. The number of hydrogen-bond acceptors (Lipinski definition) is 6. The van der Waals surface area contributed by atoms with Crippen LogP contribution in [0.2, 0.25) is 0 Å². The minimum atomic E-state index is -1.06. The van der Waals surface area contributed by atoms with Crippen molar-refractivity contribution in [3.05, 3.63) is 59.9 Å². The number of aromatic nitrogens is 3. The van der Waals surface area contributed by atoms with Gasteiger partial charge in [-0.2, -0.15) is 0 Å². The third-order valence-corrected chi connectivity index (χ3v) is 4.12. The van der Waals surface area contributed by atoms with Crippen LogP contribution in [0.15, 0.2) is 52.4 Å². The van der Waals surface area contributed by atoms with Gasteiger partial charge in [-0.05, 0) is 37.3 Å². The maximum absolute atomic E-state index is 13.2. The van der Waals surface area contributed by atoms with Gasteiger partial charge in [-0.25, -0.2) is 8.78 Å². The molecule has 0 fully saturated rings. The molecule has 0 N–H and O–H groups in total. The zero-order valence-corrected chi connectivity index (χ0v) is 13.3. The molecule has 1 atom stereocenters. The van der Waals surface area contributed by atoms with Crippen LogP contribution in [-0.4, -0.2) is 26.2 Å². The van der Waals surface area contributed by atoms with Gasteiger partial charge < -0.3 is 4.42 Å². The highest BCUT2D eigenvalue weighted by atomic mass is 32.2. The molecule has 122 valence electrons. The molecule has 24 heavy (non-hydrogen) atoms. The van der Waals surface area contributed by atoms with Gasteiger partial charge in [0.05, 0.1) is 5.25 Å². The molecule has 5 nitrogen and oxygen atoms in total. The number of benzene rings is 1. The molecule has 1 unspecified atom stereocenters. The van der Waals surface area contributed by atoms with Crippen molar-refractivity contribution >= 4 is 17.5 Å². The first-order valence-electron chi connectivity index (χ1n) is 6.94. The Morgan fingerprint density at radius 1 is 1.12 bits per heavy atom. The number of rotatable bonds is 5. The summed E-state index contributed by atoms with van der Waals surface area (Å²) >= 11 is 1.05. The minimum absolute atomic E-state index is 0.0859. The molecular formula is C16H11F2N3O2S. The average Bonchev–Trinajstić information content (AvgIpc) is 3.06. The summed E-state index contributed by atoms with van der Waals surface area (Å²) < 4.78 is 31.7. The molecule has 0 bridgehead atoms. The summed E-state index contributed by atoms with van der Waals surface area (Å²) in [5.74, 6) is -2.10. The lowest BCUT2D eigenvalue weighted by molar-refractivity contribution is 0.0993. The van der Waals surface area contributed by atoms with Crippen LogP contribution in [0.3, 0.4) is 0 Å². The van der Waals surface area contributed by atoms with Crippen LogP contribution in [-0.2, 0) is 0 Å². The van der Waals surface area contributed by atoms with E-state index in [0.717, 1.165) is 23.9 Å². The van der Waals surface area contributed by atoms with Crippen LogP contribution in [0.5, 0.6) is 0 Å². The fraction of sp³-hybridized carbons (Fsp3) is 0.125. The van der Waals surface area contributed by atoms with Crippen LogP contribution >= 0.6 is 11.8 Å². The van der Waals surface area contributed by atoms with Crippen molar-refractivity contribution in [2.45, 2.75) is 17.4 Å². The lowest BCUT2D eigenvalue weighted by Crippen LogP contribution is -2.14. The van der Waals surface area contributed by atoms with Crippen molar-refractivity contribution in [3.8, 4) is 11.5 Å². The third-order valence-electron chi connectivity index (χ3n) is 3.18. The SMILES string of the molecule is CC(Sc1nnc(-c2ccncc2)o1)C(=O)c1ccc(F)c(F)c1. The van der Waals surface area contributed by atoms with Crippen molar-refractivity contribution in [1.29, 1.82) is 0 Å². The summed E-state index contributed by atoms with van der Waals surface area (Å²) in [5.41, 5.74) is 0.798. The molecule has 0 saturated carbocycles. The van der Waals surface area contributed by atoms with Gasteiger partial charge in [0.25, 0.3) is 5.22 Å². The van der Waals surface area contributed by atoms with Gasteiger partial charge in [0.2, 0.25) is 5.89 Å². The molecule has 0 aliphatic rings. The molecule has 3 aromatic rings. The van der Waals surface area contributed by atoms with E-state index in [2.05, 4.69) is 15.2 Å². The van der Waals surface area contributed by atoms with Crippen molar-refractivity contribution in [2.24, 2.45) is 0 Å². The first kappa shape index (κ1) is 16.3. The summed E-state index contributed by atoms with van der Waals surface area (Å²) in [6.45, 7) is 1.63. The van der Waals surface area contributed by atoms with E-state index in [4.69, 9.17) is 4.42 Å². The highest BCUT2D eigenvalue weighted by Crippen LogP contribution is 2.27. The Morgan fingerprint density at radius 3 is 2.58 bits per heavy atom. The summed E-state index contributed by atoms with van der Waals surface area (Å²) in [6, 6.07) is 6.49. The van der Waals surface area contributed by atoms with Gasteiger partial charge >= 0.3 is 0 Å². The van der Waals surface area contributed by atoms with E-state index in [1.54, 1.807) is 31.5 Å². The zero-order chi connectivity index (χ0) is 17.1. The Labute approximate surface area is 140 Å². The minimum Gasteiger partial charge on any atom is -0.411 e. The topological polar surface area (TPSA) is 68.9 Å². The second-order valence-corrected chi connectivity index (χ2v) is 6.15.